The number of amides is 1. The van der Waals surface area contributed by atoms with E-state index in [1.807, 2.05) is 37.3 Å². The van der Waals surface area contributed by atoms with E-state index in [9.17, 15) is 13.2 Å². The minimum atomic E-state index is -3.84. The smallest absolute Gasteiger partial charge is 0.261 e. The molecule has 0 radical (unpaired) electrons. The molecule has 36 heavy (non-hydrogen) atoms. The summed E-state index contributed by atoms with van der Waals surface area (Å²) in [5.41, 5.74) is 4.45. The van der Waals surface area contributed by atoms with Gasteiger partial charge in [-0.2, -0.15) is 0 Å². The van der Waals surface area contributed by atoms with Crippen molar-refractivity contribution in [2.24, 2.45) is 11.8 Å². The maximum absolute atomic E-state index is 13.3. The first-order valence-electron chi connectivity index (χ1n) is 12.5. The lowest BCUT2D eigenvalue weighted by Crippen LogP contribution is -2.39. The fourth-order valence-corrected chi connectivity index (χ4v) is 5.91. The molecule has 0 aliphatic carbocycles. The molecule has 0 saturated carbocycles. The van der Waals surface area contributed by atoms with E-state index in [4.69, 9.17) is 0 Å². The first-order valence-corrected chi connectivity index (χ1v) is 14.0. The Hall–Kier alpha value is -3.32. The van der Waals surface area contributed by atoms with Crippen molar-refractivity contribution in [3.63, 3.8) is 0 Å². The summed E-state index contributed by atoms with van der Waals surface area (Å²) in [6.45, 7) is 10.1. The normalized spacial score (nSPS) is 18.1. The molecule has 1 aliphatic heterocycles. The number of hydrogen-bond donors (Lipinski definition) is 2. The first-order chi connectivity index (χ1) is 17.1. The predicted octanol–water partition coefficient (Wildman–Crippen LogP) is 6.09. The number of carbonyl (C=O) groups is 1. The number of hydrogen-bond acceptors (Lipinski definition) is 4. The van der Waals surface area contributed by atoms with E-state index in [0.717, 1.165) is 37.2 Å². The fourth-order valence-electron chi connectivity index (χ4n) is 4.84. The fraction of sp³-hybridized carbons (Fsp3) is 0.345. The second-order valence-electron chi connectivity index (χ2n) is 10.0. The number of piperidine rings is 1. The van der Waals surface area contributed by atoms with Gasteiger partial charge in [-0.15, -0.1) is 0 Å². The maximum Gasteiger partial charge on any atom is 0.261 e. The molecule has 1 aliphatic rings. The van der Waals surface area contributed by atoms with E-state index >= 15 is 0 Å². The van der Waals surface area contributed by atoms with E-state index < -0.39 is 10.0 Å². The molecule has 6 nitrogen and oxygen atoms in total. The molecule has 2 atom stereocenters. The zero-order valence-corrected chi connectivity index (χ0v) is 22.2. The van der Waals surface area contributed by atoms with Crippen LogP contribution in [0.25, 0.3) is 0 Å². The third kappa shape index (κ3) is 6.08. The zero-order chi connectivity index (χ0) is 25.9. The Morgan fingerprint density at radius 1 is 0.944 bits per heavy atom. The van der Waals surface area contributed by atoms with Gasteiger partial charge in [-0.3, -0.25) is 9.52 Å². The molecule has 2 unspecified atom stereocenters. The van der Waals surface area contributed by atoms with Crippen molar-refractivity contribution >= 4 is 33.0 Å². The zero-order valence-electron chi connectivity index (χ0n) is 21.4. The van der Waals surface area contributed by atoms with Crippen LogP contribution in [0.1, 0.15) is 48.7 Å². The Bertz CT molecular complexity index is 1310. The van der Waals surface area contributed by atoms with E-state index in [0.29, 0.717) is 28.8 Å². The van der Waals surface area contributed by atoms with Crippen LogP contribution in [0, 0.1) is 18.8 Å². The van der Waals surface area contributed by atoms with Crippen molar-refractivity contribution in [2.45, 2.75) is 45.4 Å². The Kier molecular flexibility index (Phi) is 7.69. The second-order valence-corrected chi connectivity index (χ2v) is 11.7. The monoisotopic (exact) mass is 505 g/mol. The SMILES string of the molecule is CCc1ccc(NC(=O)c2ccc(N3CC(C)CC(C)C3)c(NS(=O)(=O)c3ccc(C)cc3)c2)cc1. The number of aryl methyl sites for hydroxylation is 2. The van der Waals surface area contributed by atoms with Gasteiger partial charge >= 0.3 is 0 Å². The van der Waals surface area contributed by atoms with Crippen LogP contribution in [-0.4, -0.2) is 27.4 Å². The van der Waals surface area contributed by atoms with Crippen molar-refractivity contribution < 1.29 is 13.2 Å². The van der Waals surface area contributed by atoms with Crippen LogP contribution in [-0.2, 0) is 16.4 Å². The third-order valence-electron chi connectivity index (χ3n) is 6.66. The summed E-state index contributed by atoms with van der Waals surface area (Å²) < 4.78 is 29.3. The average Bonchev–Trinajstić information content (AvgIpc) is 2.84. The topological polar surface area (TPSA) is 78.5 Å². The van der Waals surface area contributed by atoms with Crippen LogP contribution in [0.5, 0.6) is 0 Å². The summed E-state index contributed by atoms with van der Waals surface area (Å²) in [4.78, 5) is 15.5. The number of nitrogens with one attached hydrogen (secondary N) is 2. The molecule has 0 bridgehead atoms. The summed E-state index contributed by atoms with van der Waals surface area (Å²) in [6, 6.07) is 19.7. The lowest BCUT2D eigenvalue weighted by molar-refractivity contribution is 0.102. The van der Waals surface area contributed by atoms with Gasteiger partial charge in [0.25, 0.3) is 15.9 Å². The van der Waals surface area contributed by atoms with Crippen LogP contribution in [0.3, 0.4) is 0 Å². The van der Waals surface area contributed by atoms with Gasteiger partial charge in [0.15, 0.2) is 0 Å². The van der Waals surface area contributed by atoms with Crippen LogP contribution in [0.2, 0.25) is 0 Å². The lowest BCUT2D eigenvalue weighted by Gasteiger charge is -2.37. The molecule has 4 rings (SSSR count). The quantitative estimate of drug-likeness (QED) is 0.407. The van der Waals surface area contributed by atoms with Crippen molar-refractivity contribution in [3.8, 4) is 0 Å². The van der Waals surface area contributed by atoms with Gasteiger partial charge in [-0.25, -0.2) is 8.42 Å². The molecule has 0 aromatic heterocycles. The predicted molar refractivity (Wildman–Crippen MR) is 147 cm³/mol. The van der Waals surface area contributed by atoms with Gasteiger partial charge in [0.1, 0.15) is 0 Å². The minimum absolute atomic E-state index is 0.185. The number of rotatable bonds is 7. The van der Waals surface area contributed by atoms with Crippen LogP contribution < -0.4 is 14.9 Å². The van der Waals surface area contributed by atoms with Crippen LogP contribution >= 0.6 is 0 Å². The molecule has 1 fully saturated rings. The Balaban J connectivity index is 1.67. The molecule has 1 saturated heterocycles. The lowest BCUT2D eigenvalue weighted by atomic mass is 9.91. The van der Waals surface area contributed by atoms with E-state index in [-0.39, 0.29) is 10.8 Å². The molecule has 3 aromatic rings. The van der Waals surface area contributed by atoms with E-state index in [1.165, 1.54) is 5.56 Å². The number of nitrogens with zero attached hydrogens (tertiary/aromatic N) is 1. The molecule has 3 aromatic carbocycles. The largest absolute Gasteiger partial charge is 0.369 e. The molecule has 1 amide bonds. The number of carbonyl (C=O) groups excluding carboxylic acids is 1. The summed E-state index contributed by atoms with van der Waals surface area (Å²) in [5, 5.41) is 2.92. The van der Waals surface area contributed by atoms with E-state index in [2.05, 4.69) is 35.7 Å². The van der Waals surface area contributed by atoms with Crippen LogP contribution in [0.4, 0.5) is 17.1 Å². The molecule has 0 spiro atoms. The Morgan fingerprint density at radius 2 is 1.58 bits per heavy atom. The van der Waals surface area contributed by atoms with Gasteiger partial charge < -0.3 is 10.2 Å². The third-order valence-corrected chi connectivity index (χ3v) is 8.05. The highest BCUT2D eigenvalue weighted by atomic mass is 32.2. The van der Waals surface area contributed by atoms with Gasteiger partial charge in [-0.1, -0.05) is 50.6 Å². The summed E-state index contributed by atoms with van der Waals surface area (Å²) >= 11 is 0. The van der Waals surface area contributed by atoms with Gasteiger partial charge in [0.2, 0.25) is 0 Å². The van der Waals surface area contributed by atoms with E-state index in [1.54, 1.807) is 36.4 Å². The van der Waals surface area contributed by atoms with Crippen molar-refractivity contribution in [1.82, 2.24) is 0 Å². The molecule has 190 valence electrons. The van der Waals surface area contributed by atoms with Crippen molar-refractivity contribution in [2.75, 3.05) is 28.0 Å². The molecular weight excluding hydrogens is 470 g/mol. The standard InChI is InChI=1S/C29H35N3O3S/c1-5-23-8-11-25(12-9-23)30-29(33)24-10-15-28(32-18-21(3)16-22(4)19-32)27(17-24)31-36(34,35)26-13-6-20(2)7-14-26/h6-15,17,21-22,31H,5,16,18-19H2,1-4H3,(H,30,33). The summed E-state index contributed by atoms with van der Waals surface area (Å²) in [6.07, 6.45) is 2.06. The summed E-state index contributed by atoms with van der Waals surface area (Å²) in [5.74, 6) is 0.690. The van der Waals surface area contributed by atoms with Crippen LogP contribution in [0.15, 0.2) is 71.6 Å². The highest BCUT2D eigenvalue weighted by Crippen LogP contribution is 2.34. The number of benzene rings is 3. The van der Waals surface area contributed by atoms with Gasteiger partial charge in [0.05, 0.1) is 16.3 Å². The molecule has 2 N–H and O–H groups in total. The number of anilines is 3. The van der Waals surface area contributed by atoms with Crippen molar-refractivity contribution in [3.05, 3.63) is 83.4 Å². The average molecular weight is 506 g/mol. The molecule has 1 heterocycles. The highest BCUT2D eigenvalue weighted by molar-refractivity contribution is 7.92. The Morgan fingerprint density at radius 3 is 2.19 bits per heavy atom. The second kappa shape index (κ2) is 10.7. The first kappa shape index (κ1) is 25.8. The number of sulfonamides is 1. The van der Waals surface area contributed by atoms with Gasteiger partial charge in [-0.05, 0) is 79.6 Å². The Labute approximate surface area is 214 Å². The molecule has 7 heteroatoms. The highest BCUT2D eigenvalue weighted by Gasteiger charge is 2.26. The maximum atomic E-state index is 13.3. The minimum Gasteiger partial charge on any atom is -0.369 e. The summed E-state index contributed by atoms with van der Waals surface area (Å²) in [7, 11) is -3.84. The van der Waals surface area contributed by atoms with Gasteiger partial charge in [0, 0.05) is 24.3 Å². The van der Waals surface area contributed by atoms with Crippen molar-refractivity contribution in [1.29, 1.82) is 0 Å². The molecular formula is C29H35N3O3S.